The van der Waals surface area contributed by atoms with Crippen LogP contribution in [-0.2, 0) is 6.54 Å². The Bertz CT molecular complexity index is 445. The summed E-state index contributed by atoms with van der Waals surface area (Å²) < 4.78 is 4.47. The quantitative estimate of drug-likeness (QED) is 0.875. The fourth-order valence-electron chi connectivity index (χ4n) is 1.50. The van der Waals surface area contributed by atoms with E-state index in [-0.39, 0.29) is 0 Å². The van der Waals surface area contributed by atoms with Crippen LogP contribution in [0.25, 0.3) is 11.3 Å². The van der Waals surface area contributed by atoms with Gasteiger partial charge in [-0.25, -0.2) is 0 Å². The van der Waals surface area contributed by atoms with E-state index in [0.29, 0.717) is 0 Å². The van der Waals surface area contributed by atoms with Gasteiger partial charge in [0.05, 0.1) is 5.69 Å². The summed E-state index contributed by atoms with van der Waals surface area (Å²) in [7, 11) is 0. The van der Waals surface area contributed by atoms with E-state index >= 15 is 0 Å². The fraction of sp³-hybridized carbons (Fsp3) is 0.308. The van der Waals surface area contributed by atoms with E-state index in [2.05, 4.69) is 53.9 Å². The van der Waals surface area contributed by atoms with Gasteiger partial charge < -0.3 is 5.32 Å². The third-order valence-electron chi connectivity index (χ3n) is 2.46. The molecular formula is C13H16N2S. The van der Waals surface area contributed by atoms with Crippen LogP contribution in [0.15, 0.2) is 30.3 Å². The standard InChI is InChI=1S/C13H16N2S/c1-3-14-9-12-8-13(15-16-12)11-6-4-10(2)5-7-11/h4-8,14H,3,9H2,1-2H3. The van der Waals surface area contributed by atoms with E-state index in [0.717, 1.165) is 18.8 Å². The lowest BCUT2D eigenvalue weighted by atomic mass is 10.1. The Morgan fingerprint density at radius 3 is 2.69 bits per heavy atom. The van der Waals surface area contributed by atoms with Gasteiger partial charge in [-0.05, 0) is 31.1 Å². The first-order valence-electron chi connectivity index (χ1n) is 5.53. The van der Waals surface area contributed by atoms with E-state index in [4.69, 9.17) is 0 Å². The second-order valence-electron chi connectivity index (χ2n) is 3.82. The molecule has 0 atom stereocenters. The molecule has 0 unspecified atom stereocenters. The first kappa shape index (κ1) is 11.3. The Morgan fingerprint density at radius 1 is 1.25 bits per heavy atom. The summed E-state index contributed by atoms with van der Waals surface area (Å²) in [5.74, 6) is 0. The predicted molar refractivity (Wildman–Crippen MR) is 69.7 cm³/mol. The van der Waals surface area contributed by atoms with Gasteiger partial charge in [-0.15, -0.1) is 0 Å². The third-order valence-corrected chi connectivity index (χ3v) is 3.24. The van der Waals surface area contributed by atoms with Crippen LogP contribution in [-0.4, -0.2) is 10.9 Å². The van der Waals surface area contributed by atoms with Crippen LogP contribution in [0.3, 0.4) is 0 Å². The van der Waals surface area contributed by atoms with Crippen molar-refractivity contribution in [2.45, 2.75) is 20.4 Å². The van der Waals surface area contributed by atoms with Crippen molar-refractivity contribution in [1.29, 1.82) is 0 Å². The summed E-state index contributed by atoms with van der Waals surface area (Å²) >= 11 is 1.58. The highest BCUT2D eigenvalue weighted by atomic mass is 32.1. The van der Waals surface area contributed by atoms with Gasteiger partial charge in [0.25, 0.3) is 0 Å². The Morgan fingerprint density at radius 2 is 2.00 bits per heavy atom. The van der Waals surface area contributed by atoms with Gasteiger partial charge in [-0.2, -0.15) is 4.37 Å². The van der Waals surface area contributed by atoms with E-state index < -0.39 is 0 Å². The SMILES string of the molecule is CCNCc1cc(-c2ccc(C)cc2)ns1. The molecule has 0 fully saturated rings. The van der Waals surface area contributed by atoms with Crippen LogP contribution in [0.4, 0.5) is 0 Å². The summed E-state index contributed by atoms with van der Waals surface area (Å²) in [6.45, 7) is 6.13. The summed E-state index contributed by atoms with van der Waals surface area (Å²) in [5, 5.41) is 3.31. The zero-order valence-electron chi connectivity index (χ0n) is 9.66. The number of nitrogens with zero attached hydrogens (tertiary/aromatic N) is 1. The van der Waals surface area contributed by atoms with Crippen LogP contribution in [0, 0.1) is 6.92 Å². The van der Waals surface area contributed by atoms with Crippen molar-refractivity contribution in [2.75, 3.05) is 6.54 Å². The maximum atomic E-state index is 4.47. The Hall–Kier alpha value is -1.19. The molecule has 0 aliphatic carbocycles. The minimum Gasteiger partial charge on any atom is -0.312 e. The van der Waals surface area contributed by atoms with E-state index in [1.807, 2.05) is 0 Å². The van der Waals surface area contributed by atoms with Crippen LogP contribution >= 0.6 is 11.5 Å². The number of nitrogens with one attached hydrogen (secondary N) is 1. The third kappa shape index (κ3) is 2.68. The van der Waals surface area contributed by atoms with Crippen molar-refractivity contribution in [3.63, 3.8) is 0 Å². The smallest absolute Gasteiger partial charge is 0.0844 e. The van der Waals surface area contributed by atoms with Crippen LogP contribution in [0.5, 0.6) is 0 Å². The molecule has 0 aliphatic heterocycles. The Labute approximate surface area is 100 Å². The zero-order valence-corrected chi connectivity index (χ0v) is 10.5. The molecule has 84 valence electrons. The van der Waals surface area contributed by atoms with Gasteiger partial charge in [-0.1, -0.05) is 36.8 Å². The lowest BCUT2D eigenvalue weighted by Crippen LogP contribution is -2.10. The minimum atomic E-state index is 0.917. The van der Waals surface area contributed by atoms with E-state index in [9.17, 15) is 0 Å². The van der Waals surface area contributed by atoms with Gasteiger partial charge in [0.15, 0.2) is 0 Å². The van der Waals surface area contributed by atoms with Crippen molar-refractivity contribution in [1.82, 2.24) is 9.69 Å². The summed E-state index contributed by atoms with van der Waals surface area (Å²) in [4.78, 5) is 1.29. The number of aromatic nitrogens is 1. The topological polar surface area (TPSA) is 24.9 Å². The molecule has 0 radical (unpaired) electrons. The van der Waals surface area contributed by atoms with Gasteiger partial charge in [0.2, 0.25) is 0 Å². The molecule has 0 amide bonds. The summed E-state index contributed by atoms with van der Waals surface area (Å²) in [5.41, 5.74) is 3.56. The summed E-state index contributed by atoms with van der Waals surface area (Å²) in [6, 6.07) is 10.7. The van der Waals surface area contributed by atoms with Gasteiger partial charge in [-0.3, -0.25) is 0 Å². The number of hydrogen-bond acceptors (Lipinski definition) is 3. The molecule has 0 spiro atoms. The van der Waals surface area contributed by atoms with Crippen LogP contribution in [0.1, 0.15) is 17.4 Å². The first-order chi connectivity index (χ1) is 7.79. The van der Waals surface area contributed by atoms with Gasteiger partial charge in [0, 0.05) is 17.0 Å². The number of hydrogen-bond donors (Lipinski definition) is 1. The van der Waals surface area contributed by atoms with Crippen molar-refractivity contribution < 1.29 is 0 Å². The minimum absolute atomic E-state index is 0.917. The molecular weight excluding hydrogens is 216 g/mol. The lowest BCUT2D eigenvalue weighted by molar-refractivity contribution is 0.735. The Kier molecular flexibility index (Phi) is 3.70. The van der Waals surface area contributed by atoms with Crippen LogP contribution in [0.2, 0.25) is 0 Å². The molecule has 1 aromatic heterocycles. The summed E-state index contributed by atoms with van der Waals surface area (Å²) in [6.07, 6.45) is 0. The second kappa shape index (κ2) is 5.23. The molecule has 0 saturated carbocycles. The van der Waals surface area contributed by atoms with Gasteiger partial charge in [0.1, 0.15) is 0 Å². The molecule has 2 rings (SSSR count). The van der Waals surface area contributed by atoms with Crippen molar-refractivity contribution in [2.24, 2.45) is 0 Å². The zero-order chi connectivity index (χ0) is 11.4. The molecule has 0 aliphatic rings. The van der Waals surface area contributed by atoms with E-state index in [1.165, 1.54) is 16.0 Å². The molecule has 16 heavy (non-hydrogen) atoms. The van der Waals surface area contributed by atoms with E-state index in [1.54, 1.807) is 11.5 Å². The molecule has 3 heteroatoms. The molecule has 2 aromatic rings. The molecule has 2 nitrogen and oxygen atoms in total. The molecule has 0 saturated heterocycles. The normalized spacial score (nSPS) is 10.6. The fourth-order valence-corrected chi connectivity index (χ4v) is 2.21. The molecule has 1 N–H and O–H groups in total. The maximum Gasteiger partial charge on any atom is 0.0844 e. The monoisotopic (exact) mass is 232 g/mol. The highest BCUT2D eigenvalue weighted by molar-refractivity contribution is 7.06. The van der Waals surface area contributed by atoms with Crippen molar-refractivity contribution >= 4 is 11.5 Å². The van der Waals surface area contributed by atoms with Crippen LogP contribution < -0.4 is 5.32 Å². The molecule has 0 bridgehead atoms. The van der Waals surface area contributed by atoms with Gasteiger partial charge >= 0.3 is 0 Å². The lowest BCUT2D eigenvalue weighted by Gasteiger charge is -1.97. The molecule has 1 aromatic carbocycles. The van der Waals surface area contributed by atoms with Crippen molar-refractivity contribution in [3.8, 4) is 11.3 Å². The number of benzene rings is 1. The Balaban J connectivity index is 2.15. The van der Waals surface area contributed by atoms with Crippen molar-refractivity contribution in [3.05, 3.63) is 40.8 Å². The molecule has 1 heterocycles. The number of aryl methyl sites for hydroxylation is 1. The largest absolute Gasteiger partial charge is 0.312 e. The average Bonchev–Trinajstić information content (AvgIpc) is 2.76. The first-order valence-corrected chi connectivity index (χ1v) is 6.30. The highest BCUT2D eigenvalue weighted by Crippen LogP contribution is 2.22. The number of rotatable bonds is 4. The predicted octanol–water partition coefficient (Wildman–Crippen LogP) is 3.23. The average molecular weight is 232 g/mol. The highest BCUT2D eigenvalue weighted by Gasteiger charge is 2.03. The second-order valence-corrected chi connectivity index (χ2v) is 4.71. The maximum absolute atomic E-state index is 4.47.